The molecule has 5 rings (SSSR count). The highest BCUT2D eigenvalue weighted by Gasteiger charge is 2.31. The van der Waals surface area contributed by atoms with E-state index in [9.17, 15) is 9.59 Å². The maximum atomic E-state index is 13.4. The Labute approximate surface area is 169 Å². The molecule has 5 nitrogen and oxygen atoms in total. The molecule has 2 aromatic carbocycles. The van der Waals surface area contributed by atoms with Crippen LogP contribution in [0.2, 0.25) is 0 Å². The van der Waals surface area contributed by atoms with E-state index < -0.39 is 0 Å². The summed E-state index contributed by atoms with van der Waals surface area (Å²) < 4.78 is 0. The molecule has 0 unspecified atom stereocenters. The third-order valence-electron chi connectivity index (χ3n) is 6.22. The molecule has 1 aliphatic carbocycles. The zero-order valence-corrected chi connectivity index (χ0v) is 16.5. The number of amides is 1. The Morgan fingerprint density at radius 1 is 1.03 bits per heavy atom. The molecular weight excluding hydrogens is 362 g/mol. The van der Waals surface area contributed by atoms with Crippen molar-refractivity contribution < 1.29 is 9.59 Å². The lowest BCUT2D eigenvalue weighted by Crippen LogP contribution is -2.42. The monoisotopic (exact) mass is 385 g/mol. The Morgan fingerprint density at radius 3 is 2.66 bits per heavy atom. The van der Waals surface area contributed by atoms with Crippen LogP contribution in [0.25, 0.3) is 10.8 Å². The number of Topliss-reactive ketones (excluding diaryl/α,β-unsaturated/α-hetero) is 1. The van der Waals surface area contributed by atoms with Gasteiger partial charge in [-0.05, 0) is 54.5 Å². The van der Waals surface area contributed by atoms with Crippen LogP contribution in [0.15, 0.2) is 42.7 Å². The molecule has 0 N–H and O–H groups in total. The van der Waals surface area contributed by atoms with Crippen molar-refractivity contribution in [1.29, 1.82) is 0 Å². The van der Waals surface area contributed by atoms with Crippen LogP contribution in [0.1, 0.15) is 50.5 Å². The predicted octanol–water partition coefficient (Wildman–Crippen LogP) is 3.77. The van der Waals surface area contributed by atoms with Gasteiger partial charge < -0.3 is 4.90 Å². The predicted molar refractivity (Wildman–Crippen MR) is 111 cm³/mol. The molecule has 1 atom stereocenters. The summed E-state index contributed by atoms with van der Waals surface area (Å²) in [5.74, 6) is -0.173. The average molecular weight is 385 g/mol. The number of rotatable bonds is 3. The number of piperidine rings is 1. The Hall–Kier alpha value is -3.08. The first-order valence-electron chi connectivity index (χ1n) is 10.3. The first-order chi connectivity index (χ1) is 14.1. The smallest absolute Gasteiger partial charge is 0.274 e. The number of nitrogens with zero attached hydrogens (tertiary/aromatic N) is 3. The second-order valence-electron chi connectivity index (χ2n) is 8.11. The molecule has 0 saturated carbocycles. The van der Waals surface area contributed by atoms with Crippen LogP contribution in [0.5, 0.6) is 0 Å². The summed E-state index contributed by atoms with van der Waals surface area (Å²) in [7, 11) is 0. The van der Waals surface area contributed by atoms with E-state index in [0.717, 1.165) is 42.3 Å². The molecule has 1 amide bonds. The van der Waals surface area contributed by atoms with E-state index >= 15 is 0 Å². The molecule has 5 heteroatoms. The number of carbonyl (C=O) groups excluding carboxylic acids is 2. The molecular formula is C24H23N3O2. The van der Waals surface area contributed by atoms with Crippen LogP contribution in [0, 0.1) is 12.8 Å². The van der Waals surface area contributed by atoms with Gasteiger partial charge in [-0.1, -0.05) is 30.3 Å². The van der Waals surface area contributed by atoms with E-state index in [-0.39, 0.29) is 17.6 Å². The number of hydrogen-bond donors (Lipinski definition) is 0. The van der Waals surface area contributed by atoms with Gasteiger partial charge in [0.25, 0.3) is 5.91 Å². The van der Waals surface area contributed by atoms with Gasteiger partial charge in [0.15, 0.2) is 5.78 Å². The Morgan fingerprint density at radius 2 is 1.86 bits per heavy atom. The van der Waals surface area contributed by atoms with Gasteiger partial charge in [0, 0.05) is 30.8 Å². The summed E-state index contributed by atoms with van der Waals surface area (Å²) in [6.45, 7) is 2.94. The second-order valence-corrected chi connectivity index (χ2v) is 8.11. The van der Waals surface area contributed by atoms with Crippen molar-refractivity contribution in [3.05, 3.63) is 70.8 Å². The topological polar surface area (TPSA) is 63.2 Å². The first kappa shape index (κ1) is 18.0. The molecule has 1 saturated heterocycles. The Kier molecular flexibility index (Phi) is 4.38. The van der Waals surface area contributed by atoms with Gasteiger partial charge in [0.05, 0.1) is 11.9 Å². The van der Waals surface area contributed by atoms with Gasteiger partial charge in [-0.15, -0.1) is 0 Å². The van der Waals surface area contributed by atoms with Crippen LogP contribution in [-0.4, -0.2) is 39.6 Å². The minimum absolute atomic E-state index is 0.143. The molecule has 0 bridgehead atoms. The Balaban J connectivity index is 1.42. The van der Waals surface area contributed by atoms with Crippen LogP contribution in [0.4, 0.5) is 0 Å². The van der Waals surface area contributed by atoms with Gasteiger partial charge in [0.2, 0.25) is 0 Å². The molecule has 146 valence electrons. The third kappa shape index (κ3) is 3.11. The molecule has 1 aliphatic heterocycles. The van der Waals surface area contributed by atoms with Crippen LogP contribution >= 0.6 is 0 Å². The Bertz CT molecular complexity index is 1110. The fourth-order valence-electron chi connectivity index (χ4n) is 4.72. The minimum Gasteiger partial charge on any atom is -0.337 e. The van der Waals surface area contributed by atoms with Gasteiger partial charge in [-0.2, -0.15) is 0 Å². The number of benzene rings is 2. The van der Waals surface area contributed by atoms with Crippen molar-refractivity contribution in [2.24, 2.45) is 5.92 Å². The molecule has 1 fully saturated rings. The fourth-order valence-corrected chi connectivity index (χ4v) is 4.72. The summed E-state index contributed by atoms with van der Waals surface area (Å²) in [4.78, 5) is 36.4. The lowest BCUT2D eigenvalue weighted by Gasteiger charge is -2.32. The molecule has 0 radical (unpaired) electrons. The van der Waals surface area contributed by atoms with Gasteiger partial charge in [-0.25, -0.2) is 4.98 Å². The van der Waals surface area contributed by atoms with Crippen molar-refractivity contribution in [2.45, 2.75) is 32.6 Å². The quantitative estimate of drug-likeness (QED) is 0.644. The van der Waals surface area contributed by atoms with Crippen LogP contribution in [0.3, 0.4) is 0 Å². The van der Waals surface area contributed by atoms with Crippen molar-refractivity contribution in [1.82, 2.24) is 14.9 Å². The van der Waals surface area contributed by atoms with E-state index in [0.29, 0.717) is 18.8 Å². The second kappa shape index (κ2) is 7.07. The highest BCUT2D eigenvalue weighted by atomic mass is 16.2. The zero-order valence-electron chi connectivity index (χ0n) is 16.5. The first-order valence-corrected chi connectivity index (χ1v) is 10.3. The van der Waals surface area contributed by atoms with E-state index in [1.54, 1.807) is 11.1 Å². The number of carbonyl (C=O) groups is 2. The lowest BCUT2D eigenvalue weighted by molar-refractivity contribution is 0.0632. The number of ketones is 1. The van der Waals surface area contributed by atoms with Crippen LogP contribution < -0.4 is 0 Å². The van der Waals surface area contributed by atoms with Gasteiger partial charge in [-0.3, -0.25) is 14.6 Å². The van der Waals surface area contributed by atoms with Crippen LogP contribution in [-0.2, 0) is 12.8 Å². The largest absolute Gasteiger partial charge is 0.337 e. The minimum atomic E-state index is -0.176. The maximum Gasteiger partial charge on any atom is 0.274 e. The molecule has 3 aromatic rings. The fraction of sp³-hybridized carbons (Fsp3) is 0.333. The standard InChI is InChI=1S/C24H23N3O2/c1-15-12-26-21(13-25-15)24(29)27-11-3-5-18(14-27)23(28)20-10-9-17-8-7-16-4-2-6-19(20)22(16)17/h2,4,6,9-10,12-13,18H,3,5,7-8,11,14H2,1H3/t18-/m0/s1. The average Bonchev–Trinajstić information content (AvgIpc) is 3.19. The van der Waals surface area contributed by atoms with Gasteiger partial charge >= 0.3 is 0 Å². The molecule has 1 aromatic heterocycles. The van der Waals surface area contributed by atoms with Crippen molar-refractivity contribution >= 4 is 22.5 Å². The maximum absolute atomic E-state index is 13.4. The summed E-state index contributed by atoms with van der Waals surface area (Å²) in [6, 6.07) is 10.4. The number of aryl methyl sites for hydroxylation is 3. The van der Waals surface area contributed by atoms with E-state index in [4.69, 9.17) is 0 Å². The third-order valence-corrected chi connectivity index (χ3v) is 6.22. The highest BCUT2D eigenvalue weighted by molar-refractivity contribution is 6.11. The number of likely N-dealkylation sites (tertiary alicyclic amines) is 1. The number of hydrogen-bond acceptors (Lipinski definition) is 4. The van der Waals surface area contributed by atoms with Crippen molar-refractivity contribution in [2.75, 3.05) is 13.1 Å². The highest BCUT2D eigenvalue weighted by Crippen LogP contribution is 2.34. The molecule has 2 aliphatic rings. The summed E-state index contributed by atoms with van der Waals surface area (Å²) in [5, 5.41) is 2.33. The summed E-state index contributed by atoms with van der Waals surface area (Å²) in [6.07, 6.45) is 6.86. The van der Waals surface area contributed by atoms with E-state index in [1.807, 2.05) is 13.0 Å². The molecule has 2 heterocycles. The summed E-state index contributed by atoms with van der Waals surface area (Å²) in [5.41, 5.74) is 4.59. The van der Waals surface area contributed by atoms with Crippen molar-refractivity contribution in [3.63, 3.8) is 0 Å². The van der Waals surface area contributed by atoms with E-state index in [2.05, 4.69) is 34.2 Å². The number of aromatic nitrogens is 2. The van der Waals surface area contributed by atoms with Crippen molar-refractivity contribution in [3.8, 4) is 0 Å². The normalized spacial score (nSPS) is 18.2. The molecule has 29 heavy (non-hydrogen) atoms. The van der Waals surface area contributed by atoms with E-state index in [1.165, 1.54) is 22.7 Å². The summed E-state index contributed by atoms with van der Waals surface area (Å²) >= 11 is 0. The molecule has 0 spiro atoms. The van der Waals surface area contributed by atoms with Gasteiger partial charge in [0.1, 0.15) is 5.69 Å². The zero-order chi connectivity index (χ0) is 20.0. The SMILES string of the molecule is Cc1cnc(C(=O)N2CCC[C@H](C(=O)c3ccc4c5c(cccc35)CC4)C2)cn1. The lowest BCUT2D eigenvalue weighted by atomic mass is 9.87.